The van der Waals surface area contributed by atoms with Gasteiger partial charge < -0.3 is 25.3 Å². The molecule has 1 unspecified atom stereocenters. The van der Waals surface area contributed by atoms with Crippen LogP contribution in [0, 0.1) is 5.41 Å². The van der Waals surface area contributed by atoms with Crippen molar-refractivity contribution in [1.29, 1.82) is 0 Å². The molecule has 3 fully saturated rings. The Labute approximate surface area is 182 Å². The lowest BCUT2D eigenvalue weighted by Crippen LogP contribution is -2.50. The van der Waals surface area contributed by atoms with E-state index in [2.05, 4.69) is 34.1 Å². The summed E-state index contributed by atoms with van der Waals surface area (Å²) in [6, 6.07) is 10.5. The molecule has 8 heteroatoms. The van der Waals surface area contributed by atoms with E-state index in [1.54, 1.807) is 0 Å². The molecule has 1 heterocycles. The first-order valence-corrected chi connectivity index (χ1v) is 10.9. The van der Waals surface area contributed by atoms with E-state index in [0.717, 1.165) is 51.9 Å². The zero-order valence-electron chi connectivity index (χ0n) is 17.7. The van der Waals surface area contributed by atoms with Crippen LogP contribution < -0.4 is 4.90 Å². The average Bonchev–Trinajstić information content (AvgIpc) is 3.20. The van der Waals surface area contributed by atoms with Crippen molar-refractivity contribution in [2.75, 3.05) is 37.6 Å². The minimum Gasteiger partial charge on any atom is -0.478 e. The molecule has 0 radical (unpaired) electrons. The van der Waals surface area contributed by atoms with E-state index in [-0.39, 0.29) is 5.41 Å². The molecule has 4 rings (SSSR count). The third-order valence-corrected chi connectivity index (χ3v) is 6.83. The number of para-hydroxylation sites is 1. The van der Waals surface area contributed by atoms with Crippen molar-refractivity contribution < 1.29 is 30.0 Å². The Morgan fingerprint density at radius 2 is 1.48 bits per heavy atom. The third-order valence-electron chi connectivity index (χ3n) is 6.83. The van der Waals surface area contributed by atoms with Gasteiger partial charge in [0.15, 0.2) is 0 Å². The standard InChI is InChI=1S/C19H28N2O2.C4H4O4/c22-17-18(9-5-2-6-10-18)19(17,23)15-20-11-13-21(14-12-20)16-7-3-1-4-8-16;5-3(6)1-2-4(7)8/h1,3-4,7-8,17,22-23H,2,5-6,9-15H2;1-2H,(H,5,6)(H,7,8)/b;2-1-/t17?,19-;/m0./s1. The minimum atomic E-state index is -1.26. The monoisotopic (exact) mass is 432 g/mol. The fourth-order valence-electron chi connectivity index (χ4n) is 5.04. The van der Waals surface area contributed by atoms with E-state index >= 15 is 0 Å². The zero-order valence-corrected chi connectivity index (χ0v) is 17.7. The van der Waals surface area contributed by atoms with E-state index in [9.17, 15) is 19.8 Å². The van der Waals surface area contributed by atoms with Crippen molar-refractivity contribution in [3.63, 3.8) is 0 Å². The smallest absolute Gasteiger partial charge is 0.328 e. The van der Waals surface area contributed by atoms with Crippen LogP contribution in [-0.2, 0) is 9.59 Å². The molecule has 31 heavy (non-hydrogen) atoms. The van der Waals surface area contributed by atoms with E-state index in [4.69, 9.17) is 10.2 Å². The normalized spacial score (nSPS) is 27.5. The molecule has 170 valence electrons. The van der Waals surface area contributed by atoms with Gasteiger partial charge in [0.2, 0.25) is 0 Å². The van der Waals surface area contributed by atoms with E-state index in [0.29, 0.717) is 18.7 Å². The third kappa shape index (κ3) is 5.26. The number of benzene rings is 1. The van der Waals surface area contributed by atoms with Gasteiger partial charge in [-0.3, -0.25) is 4.90 Å². The lowest BCUT2D eigenvalue weighted by Gasteiger charge is -2.38. The van der Waals surface area contributed by atoms with Gasteiger partial charge in [-0.2, -0.15) is 0 Å². The maximum atomic E-state index is 11.0. The summed E-state index contributed by atoms with van der Waals surface area (Å²) in [6.45, 7) is 4.53. The molecule has 0 aromatic heterocycles. The second-order valence-electron chi connectivity index (χ2n) is 8.65. The van der Waals surface area contributed by atoms with Crippen molar-refractivity contribution in [1.82, 2.24) is 4.90 Å². The van der Waals surface area contributed by atoms with Gasteiger partial charge in [0.1, 0.15) is 5.60 Å². The van der Waals surface area contributed by atoms with Gasteiger partial charge in [0.25, 0.3) is 0 Å². The Balaban J connectivity index is 0.000000293. The lowest BCUT2D eigenvalue weighted by molar-refractivity contribution is -0.134. The van der Waals surface area contributed by atoms with Gasteiger partial charge in [0, 0.05) is 56.0 Å². The summed E-state index contributed by atoms with van der Waals surface area (Å²) in [7, 11) is 0. The lowest BCUT2D eigenvalue weighted by atomic mass is 9.83. The van der Waals surface area contributed by atoms with Gasteiger partial charge >= 0.3 is 11.9 Å². The molecule has 3 aliphatic rings. The predicted octanol–water partition coefficient (Wildman–Crippen LogP) is 1.58. The van der Waals surface area contributed by atoms with Crippen molar-refractivity contribution in [3.8, 4) is 0 Å². The number of hydrogen-bond donors (Lipinski definition) is 4. The molecule has 2 atom stereocenters. The Hall–Kier alpha value is -2.42. The summed E-state index contributed by atoms with van der Waals surface area (Å²) in [4.78, 5) is 23.8. The zero-order chi connectivity index (χ0) is 22.5. The van der Waals surface area contributed by atoms with Gasteiger partial charge in [-0.05, 0) is 25.0 Å². The van der Waals surface area contributed by atoms with Crippen LogP contribution in [0.15, 0.2) is 42.5 Å². The van der Waals surface area contributed by atoms with E-state index in [1.807, 2.05) is 6.07 Å². The molecule has 8 nitrogen and oxygen atoms in total. The highest BCUT2D eigenvalue weighted by Gasteiger charge is 2.75. The maximum absolute atomic E-state index is 11.0. The number of carbonyl (C=O) groups is 2. The van der Waals surface area contributed by atoms with Crippen LogP contribution >= 0.6 is 0 Å². The highest BCUT2D eigenvalue weighted by molar-refractivity contribution is 5.89. The van der Waals surface area contributed by atoms with Gasteiger partial charge in [-0.15, -0.1) is 0 Å². The molecule has 1 aliphatic heterocycles. The molecule has 2 aliphatic carbocycles. The summed E-state index contributed by atoms with van der Waals surface area (Å²) < 4.78 is 0. The van der Waals surface area contributed by atoms with Crippen LogP contribution in [0.25, 0.3) is 0 Å². The summed E-state index contributed by atoms with van der Waals surface area (Å²) in [5.74, 6) is -2.51. The van der Waals surface area contributed by atoms with E-state index < -0.39 is 23.6 Å². The fourth-order valence-corrected chi connectivity index (χ4v) is 5.04. The number of nitrogens with zero attached hydrogens (tertiary/aromatic N) is 2. The maximum Gasteiger partial charge on any atom is 0.328 e. The summed E-state index contributed by atoms with van der Waals surface area (Å²) in [5, 5.41) is 37.1. The van der Waals surface area contributed by atoms with Crippen LogP contribution in [-0.4, -0.2) is 81.7 Å². The number of aliphatic carboxylic acids is 2. The number of aliphatic hydroxyl groups excluding tert-OH is 1. The highest BCUT2D eigenvalue weighted by Crippen LogP contribution is 2.64. The SMILES string of the molecule is O=C(O)/C=C\C(=O)O.OC1C2(CCCCC2)[C@]1(O)CN1CCN(c2ccccc2)CC1. The predicted molar refractivity (Wildman–Crippen MR) is 116 cm³/mol. The number of hydrogen-bond acceptors (Lipinski definition) is 6. The average molecular weight is 433 g/mol. The van der Waals surface area contributed by atoms with Crippen LogP contribution in [0.5, 0.6) is 0 Å². The molecule has 0 amide bonds. The largest absolute Gasteiger partial charge is 0.478 e. The van der Waals surface area contributed by atoms with Gasteiger partial charge in [-0.1, -0.05) is 37.5 Å². The molecule has 2 saturated carbocycles. The molecular weight excluding hydrogens is 400 g/mol. The Kier molecular flexibility index (Phi) is 7.35. The van der Waals surface area contributed by atoms with Crippen LogP contribution in [0.3, 0.4) is 0 Å². The van der Waals surface area contributed by atoms with Crippen LogP contribution in [0.4, 0.5) is 5.69 Å². The van der Waals surface area contributed by atoms with Crippen LogP contribution in [0.2, 0.25) is 0 Å². The number of anilines is 1. The molecule has 4 N–H and O–H groups in total. The Morgan fingerprint density at radius 1 is 0.935 bits per heavy atom. The number of β-amino-alcohol motifs (C(OH)–C–C–N with tert-alkyl or cyclic N) is 1. The number of carboxylic acid groups (broad SMARTS) is 2. The summed E-state index contributed by atoms with van der Waals surface area (Å²) >= 11 is 0. The molecule has 1 aromatic rings. The Bertz CT molecular complexity index is 769. The number of carboxylic acids is 2. The number of rotatable bonds is 5. The first-order valence-electron chi connectivity index (χ1n) is 10.9. The van der Waals surface area contributed by atoms with Crippen molar-refractivity contribution in [2.45, 2.75) is 43.8 Å². The highest BCUT2D eigenvalue weighted by atomic mass is 16.4. The number of aliphatic hydroxyl groups is 2. The van der Waals surface area contributed by atoms with Crippen molar-refractivity contribution in [3.05, 3.63) is 42.5 Å². The first-order chi connectivity index (χ1) is 14.8. The van der Waals surface area contributed by atoms with Gasteiger partial charge in [-0.25, -0.2) is 9.59 Å². The minimum absolute atomic E-state index is 0.193. The molecule has 1 saturated heterocycles. The summed E-state index contributed by atoms with van der Waals surface area (Å²) in [5.41, 5.74) is 0.227. The second-order valence-corrected chi connectivity index (χ2v) is 8.65. The topological polar surface area (TPSA) is 122 Å². The van der Waals surface area contributed by atoms with Crippen LogP contribution in [0.1, 0.15) is 32.1 Å². The Morgan fingerprint density at radius 3 is 2.00 bits per heavy atom. The van der Waals surface area contributed by atoms with E-state index in [1.165, 1.54) is 12.1 Å². The first kappa shape index (κ1) is 23.2. The molecule has 1 spiro atoms. The molecule has 0 bridgehead atoms. The molecular formula is C23H32N2O6. The quantitative estimate of drug-likeness (QED) is 0.518. The number of piperazine rings is 1. The second kappa shape index (κ2) is 9.80. The van der Waals surface area contributed by atoms with Gasteiger partial charge in [0.05, 0.1) is 6.10 Å². The van der Waals surface area contributed by atoms with Crippen molar-refractivity contribution in [2.24, 2.45) is 5.41 Å². The summed E-state index contributed by atoms with van der Waals surface area (Å²) in [6.07, 6.45) is 6.15. The van der Waals surface area contributed by atoms with Crippen molar-refractivity contribution >= 4 is 17.6 Å². The fraction of sp³-hybridized carbons (Fsp3) is 0.565. The molecule has 1 aromatic carbocycles.